The highest BCUT2D eigenvalue weighted by Gasteiger charge is 2.15. The summed E-state index contributed by atoms with van der Waals surface area (Å²) in [6.45, 7) is 7.41. The number of carbonyl (C=O) groups is 1. The van der Waals surface area contributed by atoms with Crippen molar-refractivity contribution in [3.63, 3.8) is 0 Å². The minimum atomic E-state index is -0.150. The van der Waals surface area contributed by atoms with Crippen molar-refractivity contribution in [1.82, 2.24) is 10.6 Å². The number of hydrogen-bond donors (Lipinski definition) is 4. The van der Waals surface area contributed by atoms with Gasteiger partial charge in [-0.2, -0.15) is 0 Å². The topological polar surface area (TPSA) is 73.4 Å². The van der Waals surface area contributed by atoms with E-state index in [1.807, 2.05) is 51.1 Å². The molecule has 0 spiro atoms. The van der Waals surface area contributed by atoms with Crippen molar-refractivity contribution < 1.29 is 9.90 Å². The molecule has 1 aromatic carbocycles. The van der Waals surface area contributed by atoms with E-state index in [1.54, 1.807) is 0 Å². The number of amides is 2. The lowest BCUT2D eigenvalue weighted by atomic mass is 9.89. The third-order valence-corrected chi connectivity index (χ3v) is 3.50. The van der Waals surface area contributed by atoms with Crippen LogP contribution < -0.4 is 16.0 Å². The molecule has 1 rings (SSSR count). The molecular weight excluding hydrogens is 278 g/mol. The van der Waals surface area contributed by atoms with Crippen molar-refractivity contribution in [3.05, 3.63) is 30.3 Å². The van der Waals surface area contributed by atoms with Crippen LogP contribution in [0.5, 0.6) is 0 Å². The molecule has 22 heavy (non-hydrogen) atoms. The maximum atomic E-state index is 11.7. The SMILES string of the molecule is CC(CNC(=O)NCCCC(C)(C)CO)Nc1ccccc1. The molecule has 0 aliphatic rings. The van der Waals surface area contributed by atoms with Crippen LogP contribution in [0, 0.1) is 5.41 Å². The Hall–Kier alpha value is -1.75. The number of para-hydroxylation sites is 1. The molecular formula is C17H29N3O2. The van der Waals surface area contributed by atoms with Gasteiger partial charge < -0.3 is 21.1 Å². The first-order valence-electron chi connectivity index (χ1n) is 7.87. The molecule has 1 atom stereocenters. The lowest BCUT2D eigenvalue weighted by Crippen LogP contribution is -2.41. The number of anilines is 1. The third-order valence-electron chi connectivity index (χ3n) is 3.50. The molecule has 0 saturated heterocycles. The smallest absolute Gasteiger partial charge is 0.314 e. The normalized spacial score (nSPS) is 12.5. The third kappa shape index (κ3) is 7.88. The van der Waals surface area contributed by atoms with E-state index >= 15 is 0 Å². The van der Waals surface area contributed by atoms with E-state index < -0.39 is 0 Å². The number of benzene rings is 1. The Labute approximate surface area is 133 Å². The summed E-state index contributed by atoms with van der Waals surface area (Å²) in [4.78, 5) is 11.7. The zero-order chi connectivity index (χ0) is 16.4. The second kappa shape index (κ2) is 9.30. The van der Waals surface area contributed by atoms with Gasteiger partial charge in [0.2, 0.25) is 0 Å². The molecule has 4 N–H and O–H groups in total. The van der Waals surface area contributed by atoms with Gasteiger partial charge in [-0.05, 0) is 37.3 Å². The summed E-state index contributed by atoms with van der Waals surface area (Å²) in [7, 11) is 0. The highest BCUT2D eigenvalue weighted by atomic mass is 16.3. The minimum absolute atomic E-state index is 0.0771. The monoisotopic (exact) mass is 307 g/mol. The van der Waals surface area contributed by atoms with Gasteiger partial charge in [-0.1, -0.05) is 32.0 Å². The number of aliphatic hydroxyl groups is 1. The van der Waals surface area contributed by atoms with E-state index in [0.29, 0.717) is 13.1 Å². The van der Waals surface area contributed by atoms with Crippen LogP contribution in [0.4, 0.5) is 10.5 Å². The van der Waals surface area contributed by atoms with Crippen molar-refractivity contribution in [3.8, 4) is 0 Å². The quantitative estimate of drug-likeness (QED) is 0.530. The van der Waals surface area contributed by atoms with Gasteiger partial charge in [-0.3, -0.25) is 0 Å². The van der Waals surface area contributed by atoms with Gasteiger partial charge in [0.15, 0.2) is 0 Å². The van der Waals surface area contributed by atoms with Crippen LogP contribution in [0.2, 0.25) is 0 Å². The molecule has 5 nitrogen and oxygen atoms in total. The van der Waals surface area contributed by atoms with Gasteiger partial charge >= 0.3 is 6.03 Å². The average molecular weight is 307 g/mol. The molecule has 0 heterocycles. The predicted octanol–water partition coefficient (Wildman–Crippen LogP) is 2.58. The zero-order valence-electron chi connectivity index (χ0n) is 13.9. The summed E-state index contributed by atoms with van der Waals surface area (Å²) in [6, 6.07) is 9.93. The van der Waals surface area contributed by atoms with Crippen molar-refractivity contribution in [2.45, 2.75) is 39.7 Å². The van der Waals surface area contributed by atoms with Crippen molar-refractivity contribution in [2.75, 3.05) is 25.0 Å². The second-order valence-corrected chi connectivity index (χ2v) is 6.47. The Morgan fingerprint density at radius 2 is 1.91 bits per heavy atom. The largest absolute Gasteiger partial charge is 0.396 e. The molecule has 2 amide bonds. The molecule has 5 heteroatoms. The molecule has 1 aromatic rings. The van der Waals surface area contributed by atoms with Gasteiger partial charge in [-0.15, -0.1) is 0 Å². The van der Waals surface area contributed by atoms with E-state index in [-0.39, 0.29) is 24.1 Å². The maximum absolute atomic E-state index is 11.7. The fraction of sp³-hybridized carbons (Fsp3) is 0.588. The van der Waals surface area contributed by atoms with Crippen LogP contribution in [-0.2, 0) is 0 Å². The molecule has 1 unspecified atom stereocenters. The van der Waals surface area contributed by atoms with E-state index in [0.717, 1.165) is 18.5 Å². The van der Waals surface area contributed by atoms with Crippen LogP contribution in [0.1, 0.15) is 33.6 Å². The predicted molar refractivity (Wildman–Crippen MR) is 91.0 cm³/mol. The number of urea groups is 1. The summed E-state index contributed by atoms with van der Waals surface area (Å²) >= 11 is 0. The molecule has 0 aliphatic carbocycles. The minimum Gasteiger partial charge on any atom is -0.396 e. The van der Waals surface area contributed by atoms with Crippen molar-refractivity contribution in [1.29, 1.82) is 0 Å². The van der Waals surface area contributed by atoms with Crippen molar-refractivity contribution >= 4 is 11.7 Å². The van der Waals surface area contributed by atoms with E-state index in [1.165, 1.54) is 0 Å². The Balaban J connectivity index is 2.12. The molecule has 0 bridgehead atoms. The van der Waals surface area contributed by atoms with E-state index in [2.05, 4.69) is 16.0 Å². The molecule has 124 valence electrons. The molecule has 0 aliphatic heterocycles. The molecule has 0 radical (unpaired) electrons. The van der Waals surface area contributed by atoms with Crippen LogP contribution in [0.15, 0.2) is 30.3 Å². The Kier molecular flexibility index (Phi) is 7.74. The first-order chi connectivity index (χ1) is 10.4. The zero-order valence-corrected chi connectivity index (χ0v) is 13.9. The first kappa shape index (κ1) is 18.3. The summed E-state index contributed by atoms with van der Waals surface area (Å²) in [5, 5.41) is 18.2. The lowest BCUT2D eigenvalue weighted by Gasteiger charge is -2.21. The number of hydrogen-bond acceptors (Lipinski definition) is 3. The van der Waals surface area contributed by atoms with Gasteiger partial charge in [0, 0.05) is 31.4 Å². The molecule has 0 fully saturated rings. The number of rotatable bonds is 9. The molecule has 0 aromatic heterocycles. The van der Waals surface area contributed by atoms with E-state index in [9.17, 15) is 4.79 Å². The number of nitrogens with one attached hydrogen (secondary N) is 3. The second-order valence-electron chi connectivity index (χ2n) is 6.47. The standard InChI is InChI=1S/C17H29N3O2/c1-14(20-15-8-5-4-6-9-15)12-19-16(22)18-11-7-10-17(2,3)13-21/h4-6,8-9,14,20-21H,7,10-13H2,1-3H3,(H2,18,19,22). The highest BCUT2D eigenvalue weighted by Crippen LogP contribution is 2.20. The average Bonchev–Trinajstić information content (AvgIpc) is 2.50. The van der Waals surface area contributed by atoms with Crippen LogP contribution in [0.25, 0.3) is 0 Å². The summed E-state index contributed by atoms with van der Waals surface area (Å²) in [5.41, 5.74) is 0.968. The van der Waals surface area contributed by atoms with Gasteiger partial charge in [-0.25, -0.2) is 4.79 Å². The number of carbonyl (C=O) groups excluding carboxylic acids is 1. The Bertz CT molecular complexity index is 435. The maximum Gasteiger partial charge on any atom is 0.314 e. The summed E-state index contributed by atoms with van der Waals surface area (Å²) in [6.07, 6.45) is 1.74. The summed E-state index contributed by atoms with van der Waals surface area (Å²) < 4.78 is 0. The van der Waals surface area contributed by atoms with E-state index in [4.69, 9.17) is 5.11 Å². The Morgan fingerprint density at radius 1 is 1.23 bits per heavy atom. The van der Waals surface area contributed by atoms with Gasteiger partial charge in [0.05, 0.1) is 0 Å². The van der Waals surface area contributed by atoms with Crippen LogP contribution >= 0.6 is 0 Å². The highest BCUT2D eigenvalue weighted by molar-refractivity contribution is 5.73. The Morgan fingerprint density at radius 3 is 2.55 bits per heavy atom. The number of aliphatic hydroxyl groups excluding tert-OH is 1. The van der Waals surface area contributed by atoms with Crippen molar-refractivity contribution in [2.24, 2.45) is 5.41 Å². The van der Waals surface area contributed by atoms with Gasteiger partial charge in [0.25, 0.3) is 0 Å². The van der Waals surface area contributed by atoms with Gasteiger partial charge in [0.1, 0.15) is 0 Å². The van der Waals surface area contributed by atoms with Crippen LogP contribution in [-0.4, -0.2) is 36.9 Å². The van der Waals surface area contributed by atoms with Crippen LogP contribution in [0.3, 0.4) is 0 Å². The fourth-order valence-corrected chi connectivity index (χ4v) is 2.03. The lowest BCUT2D eigenvalue weighted by molar-refractivity contribution is 0.148. The first-order valence-corrected chi connectivity index (χ1v) is 7.87. The fourth-order valence-electron chi connectivity index (χ4n) is 2.03. The summed E-state index contributed by atoms with van der Waals surface area (Å²) in [5.74, 6) is 0. The molecule has 0 saturated carbocycles.